The third-order valence-electron chi connectivity index (χ3n) is 22.2. The minimum absolute atomic E-state index is 0.0646. The first kappa shape index (κ1) is 103. The Balaban J connectivity index is 0.000000130. The van der Waals surface area contributed by atoms with Gasteiger partial charge in [0.15, 0.2) is 49.2 Å². The first-order chi connectivity index (χ1) is 65.9. The average Bonchev–Trinajstić information content (AvgIpc) is 1.65. The van der Waals surface area contributed by atoms with Gasteiger partial charge in [0, 0.05) is 37.3 Å². The summed E-state index contributed by atoms with van der Waals surface area (Å²) in [7, 11) is -15.6. The molecular formula is C92H74F5N5O22S15. The van der Waals surface area contributed by atoms with Gasteiger partial charge in [0.25, 0.3) is 35.5 Å². The number of sulfone groups is 5. The van der Waals surface area contributed by atoms with Crippen molar-refractivity contribution in [2.45, 2.75) is 69.2 Å². The number of thiocarbonyl (C=S) groups is 5. The van der Waals surface area contributed by atoms with Gasteiger partial charge in [-0.05, 0) is 153 Å². The molecule has 15 heterocycles. The maximum absolute atomic E-state index is 13.9. The molecule has 5 amide bonds. The summed E-state index contributed by atoms with van der Waals surface area (Å²) in [4.78, 5) is 81.2. The van der Waals surface area contributed by atoms with Crippen LogP contribution >= 0.6 is 120 Å². The summed E-state index contributed by atoms with van der Waals surface area (Å²) in [5.41, 5.74) is 1.67. The standard InChI is InChI=1S/5C18H14FNO4S3.C2H4O2/c5*19-14-4-2-1-3-13(14)15-6-5-12(24-15)9-16-17(21)20(18(25)26-16)11-7-8-27(22,23)10-11;1-2(3)4/h5*1-6,9,11H,7-8,10H2;1H3,(H,3,4)/b5*16-9+;. The number of thioether (sulfide) groups is 5. The first-order valence-electron chi connectivity index (χ1n) is 41.7. The molecular weight excluding hydrogens is 2100 g/mol. The van der Waals surface area contributed by atoms with Crippen molar-refractivity contribution in [3.05, 3.63) is 264 Å². The number of amides is 5. The van der Waals surface area contributed by atoms with Crippen LogP contribution in [0.25, 0.3) is 87.0 Å². The van der Waals surface area contributed by atoms with Crippen LogP contribution in [0.2, 0.25) is 0 Å². The van der Waals surface area contributed by atoms with E-state index in [1.54, 1.807) is 182 Å². The van der Waals surface area contributed by atoms with E-state index in [9.17, 15) is 88.0 Å². The van der Waals surface area contributed by atoms with Gasteiger partial charge in [-0.3, -0.25) is 53.3 Å². The number of carbonyl (C=O) groups is 6. The number of nitrogens with zero attached hydrogens (tertiary/aromatic N) is 5. The highest BCUT2D eigenvalue weighted by Crippen LogP contribution is 2.45. The molecule has 0 aliphatic carbocycles. The number of carbonyl (C=O) groups excluding carboxylic acids is 5. The van der Waals surface area contributed by atoms with Gasteiger partial charge in [-0.15, -0.1) is 0 Å². The predicted molar refractivity (Wildman–Crippen MR) is 544 cm³/mol. The zero-order valence-electron chi connectivity index (χ0n) is 72.0. The highest BCUT2D eigenvalue weighted by Gasteiger charge is 2.48. The monoisotopic (exact) mass is 2180 g/mol. The number of aliphatic carboxylic acids is 1. The molecule has 10 aromatic rings. The number of furan rings is 5. The Bertz CT molecular complexity index is 6490. The molecule has 0 radical (unpaired) electrons. The Hall–Kier alpha value is -10.4. The molecule has 20 rings (SSSR count). The van der Waals surface area contributed by atoms with Crippen molar-refractivity contribution < 1.29 is 120 Å². The van der Waals surface area contributed by atoms with Crippen LogP contribution in [0.5, 0.6) is 0 Å². The SMILES string of the molecule is CC(=O)O.O=C1/C(=C\c2ccc(-c3ccccc3F)o2)SC(=S)N1C1CCS(=O)(=O)C1.O=C1/C(=C\c2ccc(-c3ccccc3F)o2)SC(=S)N1C1CCS(=O)(=O)C1.O=C1/C(=C\c2ccc(-c3ccccc3F)o2)SC(=S)N1C1CCS(=O)(=O)C1.O=C1/C(=C\c2ccc(-c3ccccc3F)o2)SC(=S)N1C1CCS(=O)(=O)C1.O=C1/C(=C\c2ccc(-c3ccccc3F)o2)SC(=S)N1C1CCS(=O)(=O)C1. The summed E-state index contributed by atoms with van der Waals surface area (Å²) in [6.45, 7) is 1.08. The summed E-state index contributed by atoms with van der Waals surface area (Å²) in [5.74, 6) is -0.645. The molecule has 5 aromatic heterocycles. The Morgan fingerprint density at radius 1 is 0.295 bits per heavy atom. The highest BCUT2D eigenvalue weighted by molar-refractivity contribution is 8.28. The van der Waals surface area contributed by atoms with Crippen LogP contribution in [0.1, 0.15) is 67.8 Å². The summed E-state index contributed by atoms with van der Waals surface area (Å²) < 4.78 is 216. The number of carboxylic acid groups (broad SMARTS) is 1. The number of halogens is 5. The second-order valence-electron chi connectivity index (χ2n) is 32.0. The zero-order chi connectivity index (χ0) is 99.5. The van der Waals surface area contributed by atoms with Gasteiger partial charge >= 0.3 is 0 Å². The molecule has 10 aliphatic rings. The van der Waals surface area contributed by atoms with Crippen molar-refractivity contribution >= 4 is 257 Å². The number of hydrogen-bond acceptors (Lipinski definition) is 31. The van der Waals surface area contributed by atoms with Crippen LogP contribution in [0.15, 0.2) is 229 Å². The molecule has 5 atom stereocenters. The third-order valence-corrected chi connectivity index (χ3v) is 37.6. The van der Waals surface area contributed by atoms with Crippen LogP contribution in [0, 0.1) is 29.1 Å². The second-order valence-corrected chi connectivity index (χ2v) is 51.5. The number of hydrogen-bond donors (Lipinski definition) is 1. The molecule has 5 aromatic carbocycles. The van der Waals surface area contributed by atoms with Crippen molar-refractivity contribution in [1.82, 2.24) is 24.5 Å². The molecule has 0 saturated carbocycles. The fraction of sp³-hybridized carbons (Fsp3) is 0.228. The largest absolute Gasteiger partial charge is 0.481 e. The van der Waals surface area contributed by atoms with Crippen LogP contribution in [0.4, 0.5) is 22.0 Å². The molecule has 10 aliphatic heterocycles. The van der Waals surface area contributed by atoms with Gasteiger partial charge < -0.3 is 27.2 Å². The van der Waals surface area contributed by atoms with Gasteiger partial charge in [-0.1, -0.05) is 181 Å². The van der Waals surface area contributed by atoms with Gasteiger partial charge in [0.1, 0.15) is 108 Å². The molecule has 1 N–H and O–H groups in total. The maximum Gasteiger partial charge on any atom is 0.300 e. The lowest BCUT2D eigenvalue weighted by molar-refractivity contribution is -0.134. The van der Waals surface area contributed by atoms with Gasteiger partial charge in [-0.2, -0.15) is 0 Å². The van der Waals surface area contributed by atoms with Crippen molar-refractivity contribution in [2.75, 3.05) is 57.5 Å². The Kier molecular flexibility index (Phi) is 32.0. The predicted octanol–water partition coefficient (Wildman–Crippen LogP) is 17.5. The Morgan fingerprint density at radius 3 is 0.583 bits per heavy atom. The number of rotatable bonds is 15. The molecule has 0 bridgehead atoms. The van der Waals surface area contributed by atoms with E-state index in [0.29, 0.717) is 164 Å². The number of benzene rings is 5. The quantitative estimate of drug-likeness (QED) is 0.0566. The van der Waals surface area contributed by atoms with Crippen LogP contribution < -0.4 is 0 Å². The highest BCUT2D eigenvalue weighted by atomic mass is 32.2. The molecule has 724 valence electrons. The van der Waals surface area contributed by atoms with E-state index in [1.807, 2.05) is 0 Å². The second kappa shape index (κ2) is 43.2. The zero-order valence-corrected chi connectivity index (χ0v) is 84.2. The summed E-state index contributed by atoms with van der Waals surface area (Å²) in [5, 5.41) is 7.42. The summed E-state index contributed by atoms with van der Waals surface area (Å²) >= 11 is 31.9. The lowest BCUT2D eigenvalue weighted by Gasteiger charge is -2.20. The molecule has 139 heavy (non-hydrogen) atoms. The molecule has 47 heteroatoms. The molecule has 27 nitrogen and oxygen atoms in total. The molecule has 0 spiro atoms. The lowest BCUT2D eigenvalue weighted by atomic mass is 10.1. The van der Waals surface area contributed by atoms with Crippen LogP contribution in [-0.4, -0.2) is 217 Å². The Labute approximate surface area is 841 Å². The van der Waals surface area contributed by atoms with E-state index in [2.05, 4.69) is 0 Å². The van der Waals surface area contributed by atoms with Crippen molar-refractivity contribution in [2.24, 2.45) is 0 Å². The van der Waals surface area contributed by atoms with Gasteiger partial charge in [-0.25, -0.2) is 64.0 Å². The average molecular weight is 2180 g/mol. The summed E-state index contributed by atoms with van der Waals surface area (Å²) in [6, 6.07) is 45.6. The molecule has 5 unspecified atom stereocenters. The van der Waals surface area contributed by atoms with E-state index in [1.165, 1.54) is 54.8 Å². The smallest absolute Gasteiger partial charge is 0.300 e. The third kappa shape index (κ3) is 24.9. The first-order valence-corrected chi connectivity index (χ1v) is 57.0. The fourth-order valence-corrected chi connectivity index (χ4v) is 31.1. The van der Waals surface area contributed by atoms with Crippen molar-refractivity contribution in [1.29, 1.82) is 0 Å². The van der Waals surface area contributed by atoms with E-state index in [-0.39, 0.29) is 87.1 Å². The summed E-state index contributed by atoms with van der Waals surface area (Å²) in [6.07, 6.45) is 9.69. The normalized spacial score (nSPS) is 23.0. The lowest BCUT2D eigenvalue weighted by Crippen LogP contribution is -2.39. The van der Waals surface area contributed by atoms with E-state index >= 15 is 0 Å². The molecule has 10 fully saturated rings. The number of carboxylic acids is 1. The van der Waals surface area contributed by atoms with Crippen LogP contribution in [-0.2, 0) is 78.0 Å². The van der Waals surface area contributed by atoms with Crippen molar-refractivity contribution in [3.8, 4) is 56.6 Å². The van der Waals surface area contributed by atoms with Crippen molar-refractivity contribution in [3.63, 3.8) is 0 Å². The van der Waals surface area contributed by atoms with Crippen LogP contribution in [0.3, 0.4) is 0 Å². The van der Waals surface area contributed by atoms with E-state index in [4.69, 9.17) is 93.1 Å². The molecule has 10 saturated heterocycles. The fourth-order valence-electron chi connectivity index (χ4n) is 15.7. The minimum Gasteiger partial charge on any atom is -0.481 e. The topological polar surface area (TPSA) is 375 Å². The minimum atomic E-state index is -3.12. The maximum atomic E-state index is 13.9. The van der Waals surface area contributed by atoms with Gasteiger partial charge in [0.05, 0.1) is 140 Å². The Morgan fingerprint density at radius 2 is 0.446 bits per heavy atom. The van der Waals surface area contributed by atoms with E-state index in [0.717, 1.165) is 65.7 Å². The van der Waals surface area contributed by atoms with Gasteiger partial charge in [0.2, 0.25) is 0 Å². The van der Waals surface area contributed by atoms with E-state index < -0.39 is 114 Å².